The van der Waals surface area contributed by atoms with Crippen molar-refractivity contribution in [2.45, 2.75) is 26.7 Å². The number of carbonyl (C=O) groups excluding carboxylic acids is 2. The molecular weight excluding hydrogens is 304 g/mol. The molecule has 130 valence electrons. The van der Waals surface area contributed by atoms with Gasteiger partial charge in [-0.3, -0.25) is 9.59 Å². The number of hydrogen-bond acceptors (Lipinski definition) is 4. The van der Waals surface area contributed by atoms with Crippen molar-refractivity contribution in [3.63, 3.8) is 0 Å². The van der Waals surface area contributed by atoms with Crippen molar-refractivity contribution in [1.82, 2.24) is 0 Å². The van der Waals surface area contributed by atoms with Crippen LogP contribution in [0.25, 0.3) is 0 Å². The molecule has 1 atom stereocenters. The van der Waals surface area contributed by atoms with E-state index >= 15 is 0 Å². The minimum absolute atomic E-state index is 0. The van der Waals surface area contributed by atoms with Crippen molar-refractivity contribution in [2.75, 3.05) is 14.2 Å². The molecule has 2 aromatic rings. The van der Waals surface area contributed by atoms with Gasteiger partial charge in [-0.2, -0.15) is 0 Å². The zero-order valence-corrected chi connectivity index (χ0v) is 13.7. The first kappa shape index (κ1) is 21.4. The molecule has 4 heteroatoms. The number of rotatable bonds is 4. The van der Waals surface area contributed by atoms with Crippen LogP contribution in [0.1, 0.15) is 31.4 Å². The second-order valence-corrected chi connectivity index (χ2v) is 4.89. The number of methoxy groups -OCH3 is 2. The fourth-order valence-corrected chi connectivity index (χ4v) is 1.89. The van der Waals surface area contributed by atoms with Crippen LogP contribution < -0.4 is 0 Å². The molecule has 0 aliphatic carbocycles. The quantitative estimate of drug-likeness (QED) is 0.795. The second kappa shape index (κ2) is 11.9. The Balaban J connectivity index is 0.000000425. The predicted molar refractivity (Wildman–Crippen MR) is 95.8 cm³/mol. The van der Waals surface area contributed by atoms with Crippen LogP contribution in [0.4, 0.5) is 0 Å². The summed E-state index contributed by atoms with van der Waals surface area (Å²) in [5.41, 5.74) is 1.98. The van der Waals surface area contributed by atoms with Crippen LogP contribution in [0.2, 0.25) is 0 Å². The normalized spacial score (nSPS) is 10.3. The number of ether oxygens (including phenoxy) is 2. The van der Waals surface area contributed by atoms with Gasteiger partial charge >= 0.3 is 11.9 Å². The Bertz CT molecular complexity index is 594. The van der Waals surface area contributed by atoms with Crippen LogP contribution in [0.3, 0.4) is 0 Å². The molecule has 0 saturated heterocycles. The Morgan fingerprint density at radius 2 is 1.38 bits per heavy atom. The Hall–Kier alpha value is -2.62. The summed E-state index contributed by atoms with van der Waals surface area (Å²) in [5.74, 6) is -0.561. The molecule has 1 unspecified atom stereocenters. The molecule has 0 bridgehead atoms. The third kappa shape index (κ3) is 7.58. The van der Waals surface area contributed by atoms with E-state index in [-0.39, 0.29) is 25.3 Å². The summed E-state index contributed by atoms with van der Waals surface area (Å²) in [4.78, 5) is 21.8. The van der Waals surface area contributed by atoms with E-state index in [2.05, 4.69) is 9.47 Å². The van der Waals surface area contributed by atoms with Crippen LogP contribution >= 0.6 is 0 Å². The maximum absolute atomic E-state index is 11.1. The largest absolute Gasteiger partial charge is 0.469 e. The molecule has 0 aliphatic rings. The molecule has 0 saturated carbocycles. The SMILES string of the molecule is C.COC(=O)C(C)c1ccccc1.COC(=O)Cc1ccccc1. The molecule has 0 aliphatic heterocycles. The Morgan fingerprint density at radius 1 is 0.875 bits per heavy atom. The van der Waals surface area contributed by atoms with Gasteiger partial charge < -0.3 is 9.47 Å². The molecule has 0 spiro atoms. The average molecular weight is 330 g/mol. The highest BCUT2D eigenvalue weighted by atomic mass is 16.5. The van der Waals surface area contributed by atoms with Gasteiger partial charge in [0.1, 0.15) is 0 Å². The fourth-order valence-electron chi connectivity index (χ4n) is 1.89. The highest BCUT2D eigenvalue weighted by Crippen LogP contribution is 2.15. The molecule has 4 nitrogen and oxygen atoms in total. The molecular formula is C20H26O4. The lowest BCUT2D eigenvalue weighted by Gasteiger charge is -2.08. The summed E-state index contributed by atoms with van der Waals surface area (Å²) in [5, 5.41) is 0. The van der Waals surface area contributed by atoms with Crippen LogP contribution in [0.5, 0.6) is 0 Å². The van der Waals surface area contributed by atoms with Crippen LogP contribution in [-0.4, -0.2) is 26.2 Å². The molecule has 24 heavy (non-hydrogen) atoms. The van der Waals surface area contributed by atoms with Gasteiger partial charge in [-0.1, -0.05) is 68.1 Å². The van der Waals surface area contributed by atoms with E-state index < -0.39 is 0 Å². The lowest BCUT2D eigenvalue weighted by Crippen LogP contribution is -2.10. The monoisotopic (exact) mass is 330 g/mol. The highest BCUT2D eigenvalue weighted by Gasteiger charge is 2.14. The van der Waals surface area contributed by atoms with Crippen molar-refractivity contribution < 1.29 is 19.1 Å². The van der Waals surface area contributed by atoms with Gasteiger partial charge in [0.2, 0.25) is 0 Å². The summed E-state index contributed by atoms with van der Waals surface area (Å²) >= 11 is 0. The van der Waals surface area contributed by atoms with Crippen molar-refractivity contribution in [3.8, 4) is 0 Å². The number of benzene rings is 2. The van der Waals surface area contributed by atoms with Gasteiger partial charge in [0.15, 0.2) is 0 Å². The first-order chi connectivity index (χ1) is 11.1. The summed E-state index contributed by atoms with van der Waals surface area (Å²) in [6.45, 7) is 1.83. The Morgan fingerprint density at radius 3 is 1.83 bits per heavy atom. The summed E-state index contributed by atoms with van der Waals surface area (Å²) in [6, 6.07) is 19.1. The summed E-state index contributed by atoms with van der Waals surface area (Å²) < 4.78 is 9.14. The lowest BCUT2D eigenvalue weighted by molar-refractivity contribution is -0.142. The molecule has 0 fully saturated rings. The molecule has 0 N–H and O–H groups in total. The van der Waals surface area contributed by atoms with Gasteiger partial charge in [-0.25, -0.2) is 0 Å². The van der Waals surface area contributed by atoms with Crippen molar-refractivity contribution >= 4 is 11.9 Å². The highest BCUT2D eigenvalue weighted by molar-refractivity contribution is 5.77. The Labute approximate surface area is 144 Å². The zero-order valence-electron chi connectivity index (χ0n) is 13.7. The molecule has 2 aromatic carbocycles. The van der Waals surface area contributed by atoms with Gasteiger partial charge in [0.25, 0.3) is 0 Å². The third-order valence-electron chi connectivity index (χ3n) is 3.27. The van der Waals surface area contributed by atoms with Crippen molar-refractivity contribution in [1.29, 1.82) is 0 Å². The first-order valence-corrected chi connectivity index (χ1v) is 7.32. The van der Waals surface area contributed by atoms with E-state index in [9.17, 15) is 9.59 Å². The van der Waals surface area contributed by atoms with E-state index in [4.69, 9.17) is 0 Å². The Kier molecular flexibility index (Phi) is 10.6. The zero-order chi connectivity index (χ0) is 17.1. The van der Waals surface area contributed by atoms with E-state index in [1.54, 1.807) is 0 Å². The average Bonchev–Trinajstić information content (AvgIpc) is 2.62. The van der Waals surface area contributed by atoms with E-state index in [1.165, 1.54) is 14.2 Å². The topological polar surface area (TPSA) is 52.6 Å². The maximum Gasteiger partial charge on any atom is 0.312 e. The van der Waals surface area contributed by atoms with E-state index in [0.717, 1.165) is 11.1 Å². The van der Waals surface area contributed by atoms with Gasteiger partial charge in [-0.05, 0) is 18.1 Å². The van der Waals surface area contributed by atoms with E-state index in [1.807, 2.05) is 67.6 Å². The predicted octanol–water partition coefficient (Wildman–Crippen LogP) is 4.00. The standard InChI is InChI=1S/C10H12O2.C9H10O2.CH4/c1-8(10(11)12-2)9-6-4-3-5-7-9;1-11-9(10)7-8-5-3-2-4-6-8;/h3-8H,1-2H3;2-6H,7H2,1H3;1H4. The fraction of sp³-hybridized carbons (Fsp3) is 0.300. The van der Waals surface area contributed by atoms with Gasteiger partial charge in [-0.15, -0.1) is 0 Å². The summed E-state index contributed by atoms with van der Waals surface area (Å²) in [7, 11) is 2.80. The number of esters is 2. The molecule has 2 rings (SSSR count). The molecule has 0 heterocycles. The van der Waals surface area contributed by atoms with Gasteiger partial charge in [0.05, 0.1) is 26.6 Å². The van der Waals surface area contributed by atoms with Crippen LogP contribution in [0.15, 0.2) is 60.7 Å². The maximum atomic E-state index is 11.1. The van der Waals surface area contributed by atoms with Crippen LogP contribution in [0, 0.1) is 0 Å². The smallest absolute Gasteiger partial charge is 0.312 e. The van der Waals surface area contributed by atoms with Crippen LogP contribution in [-0.2, 0) is 25.5 Å². The summed E-state index contributed by atoms with van der Waals surface area (Å²) in [6.07, 6.45) is 0.358. The molecule has 0 radical (unpaired) electrons. The lowest BCUT2D eigenvalue weighted by atomic mass is 10.0. The minimum Gasteiger partial charge on any atom is -0.469 e. The number of hydrogen-bond donors (Lipinski definition) is 0. The van der Waals surface area contributed by atoms with E-state index in [0.29, 0.717) is 6.42 Å². The number of carbonyl (C=O) groups is 2. The van der Waals surface area contributed by atoms with Crippen molar-refractivity contribution in [2.24, 2.45) is 0 Å². The molecule has 0 amide bonds. The van der Waals surface area contributed by atoms with Gasteiger partial charge in [0, 0.05) is 0 Å². The minimum atomic E-state index is -0.198. The second-order valence-electron chi connectivity index (χ2n) is 4.89. The molecule has 0 aromatic heterocycles. The van der Waals surface area contributed by atoms with Crippen molar-refractivity contribution in [3.05, 3.63) is 71.8 Å². The third-order valence-corrected chi connectivity index (χ3v) is 3.27. The first-order valence-electron chi connectivity index (χ1n) is 7.32.